The molecule has 0 heterocycles. The lowest BCUT2D eigenvalue weighted by molar-refractivity contribution is 1.12. The molecule has 0 radical (unpaired) electrons. The smallest absolute Gasteiger partial charge is 0.0643 e. The quantitative estimate of drug-likeness (QED) is 0.284. The summed E-state index contributed by atoms with van der Waals surface area (Å²) < 4.78 is 0.658. The van der Waals surface area contributed by atoms with Gasteiger partial charge < -0.3 is 0 Å². The van der Waals surface area contributed by atoms with Crippen LogP contribution in [0.4, 0.5) is 0 Å². The number of alkyl halides is 5. The van der Waals surface area contributed by atoms with Crippen LogP contribution in [0, 0.1) is 0 Å². The van der Waals surface area contributed by atoms with Crippen molar-refractivity contribution in [3.63, 3.8) is 0 Å². The maximum absolute atomic E-state index is 2.45. The molecule has 0 aliphatic rings. The molecule has 0 saturated carbocycles. The van der Waals surface area contributed by atoms with E-state index in [-0.39, 0.29) is 0 Å². The molecule has 50 valence electrons. The zero-order chi connectivity index (χ0) is 7.00. The van der Waals surface area contributed by atoms with Crippen LogP contribution in [0.15, 0.2) is 0 Å². The minimum absolute atomic E-state index is 0.321. The van der Waals surface area contributed by atoms with E-state index in [1.165, 1.54) is 0 Å². The Balaban J connectivity index is 4.02. The Labute approximate surface area is 118 Å². The standard InChI is InChI=1S/C3H3I5/c1-2(4,5)3(6,7)8/h1H3. The van der Waals surface area contributed by atoms with Gasteiger partial charge in [0.2, 0.25) is 0 Å². The van der Waals surface area contributed by atoms with Gasteiger partial charge in [0.1, 0.15) is 0.864 Å². The Hall–Kier alpha value is 3.65. The fraction of sp³-hybridized carbons (Fsp3) is 1.00. The average Bonchev–Trinajstić information content (AvgIpc) is 1.25. The molecule has 0 bridgehead atoms. The Kier molecular flexibility index (Phi) is 5.90. The van der Waals surface area contributed by atoms with Gasteiger partial charge in [0.05, 0.1) is 0 Å². The highest BCUT2D eigenvalue weighted by Gasteiger charge is 2.37. The van der Waals surface area contributed by atoms with E-state index >= 15 is 0 Å². The van der Waals surface area contributed by atoms with Crippen LogP contribution in [0.1, 0.15) is 6.92 Å². The minimum Gasteiger partial charge on any atom is -0.0643 e. The van der Waals surface area contributed by atoms with Gasteiger partial charge in [-0.25, -0.2) is 0 Å². The predicted molar refractivity (Wildman–Crippen MR) is 81.2 cm³/mol. The van der Waals surface area contributed by atoms with E-state index < -0.39 is 0 Å². The molecule has 0 rings (SSSR count). The summed E-state index contributed by atoms with van der Waals surface area (Å²) in [5.74, 6) is 0. The van der Waals surface area contributed by atoms with Crippen molar-refractivity contribution in [2.45, 2.75) is 7.79 Å². The van der Waals surface area contributed by atoms with Crippen LogP contribution in [0.3, 0.4) is 0 Å². The Bertz CT molecular complexity index is 62.7. The maximum Gasteiger partial charge on any atom is 0.147 e. The first-order valence-corrected chi connectivity index (χ1v) is 7.09. The topological polar surface area (TPSA) is 0 Å². The second kappa shape index (κ2) is 4.05. The van der Waals surface area contributed by atoms with E-state index in [1.807, 2.05) is 0 Å². The zero-order valence-electron chi connectivity index (χ0n) is 3.89. The molecule has 0 N–H and O–H groups in total. The van der Waals surface area contributed by atoms with Crippen LogP contribution >= 0.6 is 113 Å². The molecule has 0 aromatic rings. The van der Waals surface area contributed by atoms with Gasteiger partial charge in [0.15, 0.2) is 0 Å². The molecular weight excluding hydrogens is 671 g/mol. The van der Waals surface area contributed by atoms with E-state index in [2.05, 4.69) is 120 Å². The lowest BCUT2D eigenvalue weighted by Crippen LogP contribution is -2.22. The summed E-state index contributed by atoms with van der Waals surface area (Å²) in [6.45, 7) is 2.22. The second-order valence-electron chi connectivity index (χ2n) is 1.39. The van der Waals surface area contributed by atoms with Crippen molar-refractivity contribution in [3.8, 4) is 0 Å². The van der Waals surface area contributed by atoms with Crippen LogP contribution in [0.25, 0.3) is 0 Å². The summed E-state index contributed by atoms with van der Waals surface area (Å²) in [6.07, 6.45) is 0. The maximum atomic E-state index is 2.45. The van der Waals surface area contributed by atoms with Gasteiger partial charge in [-0.05, 0) is 6.92 Å². The lowest BCUT2D eigenvalue weighted by atomic mass is 10.6. The molecule has 0 aromatic carbocycles. The third kappa shape index (κ3) is 4.51. The Morgan fingerprint density at radius 2 is 1.00 bits per heavy atom. The number of hydrogen-bond acceptors (Lipinski definition) is 0. The number of hydrogen-bond donors (Lipinski definition) is 0. The largest absolute Gasteiger partial charge is 0.147 e. The number of rotatable bonds is 1. The first kappa shape index (κ1) is 11.6. The SMILES string of the molecule is CC(I)(I)C(I)(I)I. The van der Waals surface area contributed by atoms with Gasteiger partial charge in [-0.2, -0.15) is 0 Å². The summed E-state index contributed by atoms with van der Waals surface area (Å²) >= 11 is 12.2. The summed E-state index contributed by atoms with van der Waals surface area (Å²) in [7, 11) is 0. The lowest BCUT2D eigenvalue weighted by Gasteiger charge is -2.24. The molecule has 0 atom stereocenters. The van der Waals surface area contributed by atoms with Crippen LogP contribution in [-0.4, -0.2) is 0.864 Å². The fourth-order valence-corrected chi connectivity index (χ4v) is 0. The van der Waals surface area contributed by atoms with Crippen molar-refractivity contribution in [2.24, 2.45) is 0 Å². The summed E-state index contributed by atoms with van der Waals surface area (Å²) in [5.41, 5.74) is 0. The zero-order valence-corrected chi connectivity index (χ0v) is 14.7. The Morgan fingerprint density at radius 3 is 1.00 bits per heavy atom. The highest BCUT2D eigenvalue weighted by Crippen LogP contribution is 2.53. The summed E-state index contributed by atoms with van der Waals surface area (Å²) in [4.78, 5) is 0. The molecule has 8 heavy (non-hydrogen) atoms. The van der Waals surface area contributed by atoms with Crippen LogP contribution in [-0.2, 0) is 0 Å². The van der Waals surface area contributed by atoms with Gasteiger partial charge in [-0.1, -0.05) is 113 Å². The molecular formula is C3H3I5. The van der Waals surface area contributed by atoms with E-state index in [0.717, 1.165) is 0 Å². The third-order valence-electron chi connectivity index (χ3n) is 0.498. The normalized spacial score (nSPS) is 14.2. The number of halogens is 5. The molecule has 0 saturated heterocycles. The van der Waals surface area contributed by atoms with Crippen LogP contribution < -0.4 is 0 Å². The van der Waals surface area contributed by atoms with Crippen molar-refractivity contribution in [1.29, 1.82) is 0 Å². The fourth-order valence-electron chi connectivity index (χ4n) is 0. The first-order chi connectivity index (χ1) is 3.25. The Morgan fingerprint density at radius 1 is 0.875 bits per heavy atom. The van der Waals surface area contributed by atoms with Gasteiger partial charge in [-0.15, -0.1) is 0 Å². The molecule has 0 spiro atoms. The van der Waals surface area contributed by atoms with E-state index in [0.29, 0.717) is 0.864 Å². The summed E-state index contributed by atoms with van der Waals surface area (Å²) in [5, 5.41) is 0. The van der Waals surface area contributed by atoms with Crippen molar-refractivity contribution < 1.29 is 0 Å². The molecule has 0 aliphatic carbocycles. The van der Waals surface area contributed by atoms with E-state index in [9.17, 15) is 0 Å². The third-order valence-corrected chi connectivity index (χ3v) is 11.5. The molecule has 0 aliphatic heterocycles. The van der Waals surface area contributed by atoms with Crippen molar-refractivity contribution in [3.05, 3.63) is 0 Å². The average molecular weight is 674 g/mol. The van der Waals surface area contributed by atoms with E-state index in [1.54, 1.807) is 0 Å². The first-order valence-electron chi connectivity index (χ1n) is 1.69. The second-order valence-corrected chi connectivity index (χ2v) is 18.8. The van der Waals surface area contributed by atoms with Gasteiger partial charge >= 0.3 is 0 Å². The van der Waals surface area contributed by atoms with Crippen LogP contribution in [0.5, 0.6) is 0 Å². The molecule has 0 fully saturated rings. The molecule has 0 amide bonds. The minimum atomic E-state index is 0.321. The van der Waals surface area contributed by atoms with Gasteiger partial charge in [-0.3, -0.25) is 0 Å². The van der Waals surface area contributed by atoms with Crippen LogP contribution in [0.2, 0.25) is 0 Å². The van der Waals surface area contributed by atoms with E-state index in [4.69, 9.17) is 0 Å². The molecule has 0 unspecified atom stereocenters. The monoisotopic (exact) mass is 674 g/mol. The summed E-state index contributed by atoms with van der Waals surface area (Å²) in [6, 6.07) is 0. The van der Waals surface area contributed by atoms with Crippen molar-refractivity contribution in [1.82, 2.24) is 0 Å². The van der Waals surface area contributed by atoms with Gasteiger partial charge in [0.25, 0.3) is 0 Å². The van der Waals surface area contributed by atoms with Crippen molar-refractivity contribution in [2.75, 3.05) is 0 Å². The molecule has 0 aromatic heterocycles. The molecule has 5 heteroatoms. The highest BCUT2D eigenvalue weighted by molar-refractivity contribution is 14.3. The van der Waals surface area contributed by atoms with Crippen molar-refractivity contribution >= 4 is 113 Å². The van der Waals surface area contributed by atoms with Gasteiger partial charge in [0, 0.05) is 0 Å². The predicted octanol–water partition coefficient (Wildman–Crippen LogP) is 4.53. The molecule has 0 nitrogen and oxygen atoms in total. The highest BCUT2D eigenvalue weighted by atomic mass is 127.